The minimum absolute atomic E-state index is 0.254. The van der Waals surface area contributed by atoms with Gasteiger partial charge in [-0.15, -0.1) is 0 Å². The van der Waals surface area contributed by atoms with E-state index in [0.29, 0.717) is 6.42 Å². The minimum Gasteiger partial charge on any atom is -0.356 e. The zero-order valence-corrected chi connectivity index (χ0v) is 21.1. The smallest absolute Gasteiger partial charge is 0.219 e. The lowest BCUT2D eigenvalue weighted by molar-refractivity contribution is -0.121. The van der Waals surface area contributed by atoms with E-state index in [1.54, 1.807) is 0 Å². The van der Waals surface area contributed by atoms with Gasteiger partial charge in [0.1, 0.15) is 0 Å². The Bertz CT molecular complexity index is 346. The van der Waals surface area contributed by atoms with E-state index in [2.05, 4.69) is 31.0 Å². The van der Waals surface area contributed by atoms with E-state index in [9.17, 15) is 4.79 Å². The van der Waals surface area contributed by atoms with Gasteiger partial charge >= 0.3 is 0 Å². The van der Waals surface area contributed by atoms with Crippen molar-refractivity contribution in [2.24, 2.45) is 0 Å². The summed E-state index contributed by atoms with van der Waals surface area (Å²) >= 11 is 0. The van der Waals surface area contributed by atoms with Crippen LogP contribution < -0.4 is 5.32 Å². The number of nitrogens with one attached hydrogen (secondary N) is 1. The van der Waals surface area contributed by atoms with Gasteiger partial charge in [0.15, 0.2) is 0 Å². The van der Waals surface area contributed by atoms with E-state index >= 15 is 0 Å². The normalized spacial score (nSPS) is 11.3. The molecule has 1 N–H and O–H groups in total. The van der Waals surface area contributed by atoms with Crippen LogP contribution in [-0.2, 0) is 4.79 Å². The fourth-order valence-corrected chi connectivity index (χ4v) is 4.11. The number of rotatable bonds is 24. The van der Waals surface area contributed by atoms with E-state index in [1.807, 2.05) is 0 Å². The highest BCUT2D eigenvalue weighted by Crippen LogP contribution is 2.13. The van der Waals surface area contributed by atoms with Gasteiger partial charge in [-0.25, -0.2) is 0 Å². The molecule has 0 atom stereocenters. The quantitative estimate of drug-likeness (QED) is 0.160. The fraction of sp³-hybridized carbons (Fsp3) is 0.963. The molecule has 0 saturated heterocycles. The maximum absolute atomic E-state index is 12.0. The summed E-state index contributed by atoms with van der Waals surface area (Å²) in [6.45, 7) is 11.1. The number of unbranched alkanes of at least 4 members (excludes halogenated alkanes) is 15. The van der Waals surface area contributed by atoms with Crippen LogP contribution in [0.5, 0.6) is 0 Å². The maximum atomic E-state index is 12.0. The van der Waals surface area contributed by atoms with Crippen molar-refractivity contribution in [2.75, 3.05) is 26.2 Å². The standard InChI is InChI=1S/C27H56N2O/c1-4-7-9-11-12-13-14-15-16-17-18-19-20-23-27(30)28-24-22-26-29(6-3)25-21-10-8-5-2/h4-26H2,1-3H3,(H,28,30). The van der Waals surface area contributed by atoms with Crippen molar-refractivity contribution in [1.29, 1.82) is 0 Å². The summed E-state index contributed by atoms with van der Waals surface area (Å²) in [6.07, 6.45) is 24.7. The fourth-order valence-electron chi connectivity index (χ4n) is 4.11. The lowest BCUT2D eigenvalue weighted by atomic mass is 10.0. The molecule has 0 aromatic carbocycles. The van der Waals surface area contributed by atoms with Crippen LogP contribution in [0.3, 0.4) is 0 Å². The van der Waals surface area contributed by atoms with Crippen molar-refractivity contribution in [3.63, 3.8) is 0 Å². The Morgan fingerprint density at radius 3 is 1.50 bits per heavy atom. The first-order chi connectivity index (χ1) is 14.7. The molecule has 180 valence electrons. The SMILES string of the molecule is CCCCCCCCCCCCCCCC(=O)NCCCN(CC)CCCCCC. The molecule has 0 spiro atoms. The number of hydrogen-bond acceptors (Lipinski definition) is 2. The number of nitrogens with zero attached hydrogens (tertiary/aromatic N) is 1. The Morgan fingerprint density at radius 2 is 1.00 bits per heavy atom. The summed E-state index contributed by atoms with van der Waals surface area (Å²) in [5.41, 5.74) is 0. The Morgan fingerprint density at radius 1 is 0.567 bits per heavy atom. The van der Waals surface area contributed by atoms with E-state index in [0.717, 1.165) is 32.5 Å². The van der Waals surface area contributed by atoms with Gasteiger partial charge in [0, 0.05) is 13.0 Å². The molecular weight excluding hydrogens is 368 g/mol. The number of carbonyl (C=O) groups is 1. The molecule has 0 bridgehead atoms. The highest BCUT2D eigenvalue weighted by molar-refractivity contribution is 5.75. The predicted molar refractivity (Wildman–Crippen MR) is 134 cm³/mol. The van der Waals surface area contributed by atoms with E-state index in [-0.39, 0.29) is 5.91 Å². The third-order valence-electron chi connectivity index (χ3n) is 6.26. The molecule has 0 aromatic heterocycles. The highest BCUT2D eigenvalue weighted by Gasteiger charge is 2.04. The molecule has 3 heteroatoms. The molecule has 0 rings (SSSR count). The lowest BCUT2D eigenvalue weighted by Gasteiger charge is -2.20. The van der Waals surface area contributed by atoms with Crippen molar-refractivity contribution in [3.8, 4) is 0 Å². The van der Waals surface area contributed by atoms with Crippen molar-refractivity contribution in [3.05, 3.63) is 0 Å². The Balaban J connectivity index is 3.33. The molecule has 0 unspecified atom stereocenters. The monoisotopic (exact) mass is 424 g/mol. The molecule has 1 amide bonds. The Labute approximate surface area is 190 Å². The molecule has 30 heavy (non-hydrogen) atoms. The minimum atomic E-state index is 0.254. The van der Waals surface area contributed by atoms with Crippen LogP contribution in [0.1, 0.15) is 143 Å². The van der Waals surface area contributed by atoms with Gasteiger partial charge in [-0.05, 0) is 38.9 Å². The zero-order valence-electron chi connectivity index (χ0n) is 21.1. The van der Waals surface area contributed by atoms with Gasteiger partial charge in [0.25, 0.3) is 0 Å². The summed E-state index contributed by atoms with van der Waals surface area (Å²) < 4.78 is 0. The largest absolute Gasteiger partial charge is 0.356 e. The van der Waals surface area contributed by atoms with E-state index < -0.39 is 0 Å². The third-order valence-corrected chi connectivity index (χ3v) is 6.26. The maximum Gasteiger partial charge on any atom is 0.219 e. The molecule has 0 heterocycles. The van der Waals surface area contributed by atoms with Crippen molar-refractivity contribution < 1.29 is 4.79 Å². The first-order valence-corrected chi connectivity index (χ1v) is 13.7. The van der Waals surface area contributed by atoms with Crippen LogP contribution in [0.2, 0.25) is 0 Å². The molecule has 0 aliphatic carbocycles. The van der Waals surface area contributed by atoms with Crippen LogP contribution in [0.4, 0.5) is 0 Å². The molecule has 0 aromatic rings. The van der Waals surface area contributed by atoms with Gasteiger partial charge in [0.2, 0.25) is 5.91 Å². The van der Waals surface area contributed by atoms with Gasteiger partial charge in [-0.1, -0.05) is 117 Å². The van der Waals surface area contributed by atoms with Crippen molar-refractivity contribution in [2.45, 2.75) is 143 Å². The van der Waals surface area contributed by atoms with Crippen LogP contribution in [-0.4, -0.2) is 37.0 Å². The van der Waals surface area contributed by atoms with Crippen LogP contribution in [0, 0.1) is 0 Å². The van der Waals surface area contributed by atoms with Crippen LogP contribution in [0.25, 0.3) is 0 Å². The molecule has 0 fully saturated rings. The summed E-state index contributed by atoms with van der Waals surface area (Å²) in [4.78, 5) is 14.5. The second-order valence-corrected chi connectivity index (χ2v) is 9.19. The number of hydrogen-bond donors (Lipinski definition) is 1. The topological polar surface area (TPSA) is 32.3 Å². The van der Waals surface area contributed by atoms with Gasteiger partial charge in [0.05, 0.1) is 0 Å². The first-order valence-electron chi connectivity index (χ1n) is 13.7. The first kappa shape index (κ1) is 29.4. The number of amides is 1. The average molecular weight is 425 g/mol. The van der Waals surface area contributed by atoms with Crippen LogP contribution in [0.15, 0.2) is 0 Å². The van der Waals surface area contributed by atoms with Gasteiger partial charge < -0.3 is 10.2 Å². The summed E-state index contributed by atoms with van der Waals surface area (Å²) in [5.74, 6) is 0.254. The van der Waals surface area contributed by atoms with Crippen LogP contribution >= 0.6 is 0 Å². The molecular formula is C27H56N2O. The molecule has 0 radical (unpaired) electrons. The molecule has 0 aliphatic heterocycles. The molecule has 0 saturated carbocycles. The van der Waals surface area contributed by atoms with E-state index in [4.69, 9.17) is 0 Å². The van der Waals surface area contributed by atoms with Gasteiger partial charge in [-0.2, -0.15) is 0 Å². The Hall–Kier alpha value is -0.570. The second kappa shape index (κ2) is 24.7. The summed E-state index contributed by atoms with van der Waals surface area (Å²) in [7, 11) is 0. The molecule has 3 nitrogen and oxygen atoms in total. The van der Waals surface area contributed by atoms with Crippen molar-refractivity contribution >= 4 is 5.91 Å². The lowest BCUT2D eigenvalue weighted by Crippen LogP contribution is -2.30. The van der Waals surface area contributed by atoms with Crippen molar-refractivity contribution in [1.82, 2.24) is 10.2 Å². The highest BCUT2D eigenvalue weighted by atomic mass is 16.1. The second-order valence-electron chi connectivity index (χ2n) is 9.19. The predicted octanol–water partition coefficient (Wildman–Crippen LogP) is 7.88. The van der Waals surface area contributed by atoms with E-state index in [1.165, 1.54) is 109 Å². The summed E-state index contributed by atoms with van der Waals surface area (Å²) in [6, 6.07) is 0. The Kier molecular flexibility index (Phi) is 24.2. The molecule has 0 aliphatic rings. The van der Waals surface area contributed by atoms with Gasteiger partial charge in [-0.3, -0.25) is 4.79 Å². The average Bonchev–Trinajstić information content (AvgIpc) is 2.75. The summed E-state index contributed by atoms with van der Waals surface area (Å²) in [5, 5.41) is 3.12. The zero-order chi connectivity index (χ0) is 22.1. The third kappa shape index (κ3) is 22.1. The number of carbonyl (C=O) groups excluding carboxylic acids is 1.